The zero-order chi connectivity index (χ0) is 25.8. The standard InChI is InChI=1S/C24H32N6O6/c1-35-15-22(32)30-9-3-2-7-27-24(34)20(12-18-13-25-16-28-18)29-23(33)17-5-4-6-19(11-17)36-10-8-26-21(31)14-30/h4-6,11,13,16,20H,2-3,7-10,12,14-15H2,1H3,(H,25,28)(H,26,31)(H,27,34)(H,29,33)/t20-/m0/s1. The van der Waals surface area contributed by atoms with Crippen LogP contribution in [0.4, 0.5) is 0 Å². The molecule has 1 aromatic heterocycles. The summed E-state index contributed by atoms with van der Waals surface area (Å²) in [7, 11) is 1.42. The molecule has 0 saturated carbocycles. The molecule has 0 fully saturated rings. The van der Waals surface area contributed by atoms with Crippen LogP contribution in [-0.4, -0.2) is 91.0 Å². The van der Waals surface area contributed by atoms with Crippen molar-refractivity contribution in [3.05, 3.63) is 48.0 Å². The van der Waals surface area contributed by atoms with E-state index in [-0.39, 0.29) is 50.4 Å². The van der Waals surface area contributed by atoms with Crippen molar-refractivity contribution in [3.63, 3.8) is 0 Å². The van der Waals surface area contributed by atoms with Crippen molar-refractivity contribution in [2.45, 2.75) is 25.3 Å². The minimum Gasteiger partial charge on any atom is -0.492 e. The summed E-state index contributed by atoms with van der Waals surface area (Å²) in [5, 5.41) is 8.37. The van der Waals surface area contributed by atoms with E-state index in [2.05, 4.69) is 25.9 Å². The van der Waals surface area contributed by atoms with Crippen molar-refractivity contribution in [2.24, 2.45) is 0 Å². The lowest BCUT2D eigenvalue weighted by atomic mass is 10.1. The van der Waals surface area contributed by atoms with Gasteiger partial charge in [-0.1, -0.05) is 6.07 Å². The fourth-order valence-corrected chi connectivity index (χ4v) is 3.65. The molecule has 3 rings (SSSR count). The maximum absolute atomic E-state index is 12.9. The van der Waals surface area contributed by atoms with Gasteiger partial charge in [-0.3, -0.25) is 19.2 Å². The summed E-state index contributed by atoms with van der Waals surface area (Å²) in [6, 6.07) is 5.74. The summed E-state index contributed by atoms with van der Waals surface area (Å²) < 4.78 is 10.6. The Balaban J connectivity index is 1.74. The molecule has 12 nitrogen and oxygen atoms in total. The Kier molecular flexibility index (Phi) is 10.2. The average molecular weight is 501 g/mol. The van der Waals surface area contributed by atoms with Gasteiger partial charge in [-0.05, 0) is 31.0 Å². The quantitative estimate of drug-likeness (QED) is 0.447. The number of carbonyl (C=O) groups is 4. The highest BCUT2D eigenvalue weighted by Crippen LogP contribution is 2.14. The number of fused-ring (bicyclic) bond motifs is 2. The van der Waals surface area contributed by atoms with Gasteiger partial charge in [0, 0.05) is 44.1 Å². The molecule has 1 atom stereocenters. The molecule has 1 aliphatic rings. The molecule has 0 spiro atoms. The van der Waals surface area contributed by atoms with Crippen LogP contribution < -0.4 is 20.7 Å². The van der Waals surface area contributed by atoms with E-state index < -0.39 is 11.9 Å². The van der Waals surface area contributed by atoms with Gasteiger partial charge >= 0.3 is 0 Å². The maximum atomic E-state index is 12.9. The van der Waals surface area contributed by atoms with Crippen LogP contribution in [0.5, 0.6) is 5.75 Å². The number of benzene rings is 1. The van der Waals surface area contributed by atoms with E-state index in [1.807, 2.05) is 0 Å². The number of H-pyrrole nitrogens is 1. The Hall–Kier alpha value is -3.93. The normalized spacial score (nSPS) is 18.5. The first-order chi connectivity index (χ1) is 17.5. The number of imidazole rings is 1. The predicted octanol–water partition coefficient (Wildman–Crippen LogP) is -0.369. The van der Waals surface area contributed by atoms with Crippen LogP contribution in [0.1, 0.15) is 28.9 Å². The second-order valence-corrected chi connectivity index (χ2v) is 8.28. The number of ether oxygens (including phenoxy) is 2. The smallest absolute Gasteiger partial charge is 0.252 e. The number of carbonyl (C=O) groups excluding carboxylic acids is 4. The van der Waals surface area contributed by atoms with Gasteiger partial charge in [0.2, 0.25) is 17.7 Å². The number of aromatic nitrogens is 2. The van der Waals surface area contributed by atoms with E-state index >= 15 is 0 Å². The molecule has 194 valence electrons. The monoisotopic (exact) mass is 500 g/mol. The number of methoxy groups -OCH3 is 1. The largest absolute Gasteiger partial charge is 0.492 e. The highest BCUT2D eigenvalue weighted by atomic mass is 16.5. The predicted molar refractivity (Wildman–Crippen MR) is 129 cm³/mol. The van der Waals surface area contributed by atoms with Crippen LogP contribution in [0.2, 0.25) is 0 Å². The van der Waals surface area contributed by atoms with Crippen LogP contribution in [0.3, 0.4) is 0 Å². The van der Waals surface area contributed by atoms with Crippen molar-refractivity contribution in [3.8, 4) is 5.75 Å². The lowest BCUT2D eigenvalue weighted by molar-refractivity contribution is -0.139. The molecule has 4 N–H and O–H groups in total. The molecule has 1 aliphatic heterocycles. The van der Waals surface area contributed by atoms with Crippen molar-refractivity contribution in [1.82, 2.24) is 30.8 Å². The van der Waals surface area contributed by atoms with Crippen LogP contribution in [0.25, 0.3) is 0 Å². The molecule has 36 heavy (non-hydrogen) atoms. The molecule has 0 saturated heterocycles. The second-order valence-electron chi connectivity index (χ2n) is 8.28. The molecule has 0 aliphatic carbocycles. The molecule has 4 amide bonds. The van der Waals surface area contributed by atoms with Gasteiger partial charge in [0.1, 0.15) is 25.0 Å². The fraction of sp³-hybridized carbons (Fsp3) is 0.458. The molecule has 0 radical (unpaired) electrons. The SMILES string of the molecule is COCC(=O)N1CCCCNC(=O)[C@H](Cc2cnc[nH]2)NC(=O)c2cccc(c2)OCCNC(=O)C1. The number of nitrogens with zero attached hydrogens (tertiary/aromatic N) is 2. The van der Waals surface area contributed by atoms with Crippen molar-refractivity contribution >= 4 is 23.6 Å². The third-order valence-electron chi connectivity index (χ3n) is 5.50. The first-order valence-electron chi connectivity index (χ1n) is 11.8. The highest BCUT2D eigenvalue weighted by Gasteiger charge is 2.23. The molecular weight excluding hydrogens is 468 g/mol. The van der Waals surface area contributed by atoms with Crippen molar-refractivity contribution in [1.29, 1.82) is 0 Å². The molecule has 1 aromatic carbocycles. The van der Waals surface area contributed by atoms with Crippen molar-refractivity contribution < 1.29 is 28.7 Å². The minimum absolute atomic E-state index is 0.102. The Morgan fingerprint density at radius 1 is 1.19 bits per heavy atom. The van der Waals surface area contributed by atoms with Crippen LogP contribution in [0.15, 0.2) is 36.8 Å². The Morgan fingerprint density at radius 2 is 2.06 bits per heavy atom. The second kappa shape index (κ2) is 13.8. The summed E-state index contributed by atoms with van der Waals surface area (Å²) in [4.78, 5) is 58.9. The molecule has 0 unspecified atom stereocenters. The molecule has 2 aromatic rings. The molecular formula is C24H32N6O6. The third-order valence-corrected chi connectivity index (χ3v) is 5.50. The van der Waals surface area contributed by atoms with Gasteiger partial charge in [0.15, 0.2) is 0 Å². The Labute approximate surface area is 209 Å². The lowest BCUT2D eigenvalue weighted by Crippen LogP contribution is -2.48. The van der Waals surface area contributed by atoms with Crippen LogP contribution >= 0.6 is 0 Å². The van der Waals surface area contributed by atoms with Crippen LogP contribution in [0, 0.1) is 0 Å². The fourth-order valence-electron chi connectivity index (χ4n) is 3.65. The van der Waals surface area contributed by atoms with Crippen molar-refractivity contribution in [2.75, 3.05) is 46.5 Å². The van der Waals surface area contributed by atoms with Gasteiger partial charge in [-0.15, -0.1) is 0 Å². The summed E-state index contributed by atoms with van der Waals surface area (Å²) in [6.45, 7) is 0.852. The molecule has 2 bridgehead atoms. The van der Waals surface area contributed by atoms with Gasteiger partial charge in [-0.25, -0.2) is 4.98 Å². The summed E-state index contributed by atoms with van der Waals surface area (Å²) in [5.74, 6) is -0.920. The third kappa shape index (κ3) is 8.38. The molecule has 2 heterocycles. The number of nitrogens with one attached hydrogen (secondary N) is 4. The summed E-state index contributed by atoms with van der Waals surface area (Å²) >= 11 is 0. The summed E-state index contributed by atoms with van der Waals surface area (Å²) in [5.41, 5.74) is 1.04. The maximum Gasteiger partial charge on any atom is 0.252 e. The van der Waals surface area contributed by atoms with E-state index in [0.29, 0.717) is 42.9 Å². The first-order valence-corrected chi connectivity index (χ1v) is 11.8. The average Bonchev–Trinajstić information content (AvgIpc) is 3.38. The van der Waals surface area contributed by atoms with Gasteiger partial charge in [0.25, 0.3) is 5.91 Å². The van der Waals surface area contributed by atoms with Gasteiger partial charge in [0.05, 0.1) is 19.4 Å². The summed E-state index contributed by atoms with van der Waals surface area (Å²) in [6.07, 6.45) is 4.49. The Morgan fingerprint density at radius 3 is 2.83 bits per heavy atom. The van der Waals surface area contributed by atoms with E-state index in [9.17, 15) is 19.2 Å². The van der Waals surface area contributed by atoms with Gasteiger partial charge in [-0.2, -0.15) is 0 Å². The lowest BCUT2D eigenvalue weighted by Gasteiger charge is -2.22. The topological polar surface area (TPSA) is 155 Å². The van der Waals surface area contributed by atoms with E-state index in [1.165, 1.54) is 18.3 Å². The number of rotatable bonds is 4. The number of aromatic amines is 1. The zero-order valence-corrected chi connectivity index (χ0v) is 20.2. The number of amides is 4. The van der Waals surface area contributed by atoms with Gasteiger partial charge < -0.3 is 35.3 Å². The van der Waals surface area contributed by atoms with E-state index in [4.69, 9.17) is 9.47 Å². The minimum atomic E-state index is -0.828. The Bertz CT molecular complexity index is 1030. The highest BCUT2D eigenvalue weighted by molar-refractivity contribution is 5.97. The first kappa shape index (κ1) is 26.7. The number of hydrogen-bond donors (Lipinski definition) is 4. The van der Waals surface area contributed by atoms with E-state index in [1.54, 1.807) is 30.5 Å². The van der Waals surface area contributed by atoms with Crippen LogP contribution in [-0.2, 0) is 25.5 Å². The van der Waals surface area contributed by atoms with E-state index in [0.717, 1.165) is 0 Å². The zero-order valence-electron chi connectivity index (χ0n) is 20.2. The number of hydrogen-bond acceptors (Lipinski definition) is 7. The molecule has 12 heteroatoms.